The molecule has 0 aromatic carbocycles. The fourth-order valence-electron chi connectivity index (χ4n) is 1.63. The molecule has 0 fully saturated rings. The van der Waals surface area contributed by atoms with Crippen molar-refractivity contribution in [1.82, 2.24) is 19.9 Å². The zero-order valence-electron chi connectivity index (χ0n) is 10.3. The van der Waals surface area contributed by atoms with E-state index in [-0.39, 0.29) is 0 Å². The Morgan fingerprint density at radius 3 is 2.94 bits per heavy atom. The Morgan fingerprint density at radius 2 is 2.22 bits per heavy atom. The van der Waals surface area contributed by atoms with E-state index in [1.165, 1.54) is 0 Å². The van der Waals surface area contributed by atoms with Crippen molar-refractivity contribution in [3.8, 4) is 0 Å². The number of imidazole rings is 1. The molecule has 0 atom stereocenters. The SMILES string of the molecule is CCCc1nc(Cl)cc(NCCc2ncc[nH]2)n1. The number of hydrogen-bond acceptors (Lipinski definition) is 4. The van der Waals surface area contributed by atoms with Crippen LogP contribution in [0.4, 0.5) is 5.82 Å². The number of nitrogens with zero attached hydrogens (tertiary/aromatic N) is 3. The number of aromatic amines is 1. The molecule has 0 unspecified atom stereocenters. The van der Waals surface area contributed by atoms with Gasteiger partial charge in [0.05, 0.1) is 0 Å². The molecule has 0 aliphatic rings. The van der Waals surface area contributed by atoms with Crippen LogP contribution in [0, 0.1) is 0 Å². The van der Waals surface area contributed by atoms with Crippen LogP contribution < -0.4 is 5.32 Å². The van der Waals surface area contributed by atoms with E-state index in [9.17, 15) is 0 Å². The van der Waals surface area contributed by atoms with Crippen molar-refractivity contribution in [1.29, 1.82) is 0 Å². The quantitative estimate of drug-likeness (QED) is 0.788. The monoisotopic (exact) mass is 265 g/mol. The van der Waals surface area contributed by atoms with E-state index >= 15 is 0 Å². The Morgan fingerprint density at radius 1 is 1.33 bits per heavy atom. The molecule has 2 aromatic rings. The number of aryl methyl sites for hydroxylation is 1. The van der Waals surface area contributed by atoms with Crippen molar-refractivity contribution in [3.63, 3.8) is 0 Å². The van der Waals surface area contributed by atoms with Crippen molar-refractivity contribution in [3.05, 3.63) is 35.3 Å². The highest BCUT2D eigenvalue weighted by atomic mass is 35.5. The van der Waals surface area contributed by atoms with Gasteiger partial charge >= 0.3 is 0 Å². The number of rotatable bonds is 6. The highest BCUT2D eigenvalue weighted by Gasteiger charge is 2.02. The highest BCUT2D eigenvalue weighted by molar-refractivity contribution is 6.29. The number of hydrogen-bond donors (Lipinski definition) is 2. The lowest BCUT2D eigenvalue weighted by Gasteiger charge is -2.06. The van der Waals surface area contributed by atoms with Crippen molar-refractivity contribution in [2.45, 2.75) is 26.2 Å². The van der Waals surface area contributed by atoms with Crippen molar-refractivity contribution >= 4 is 17.4 Å². The van der Waals surface area contributed by atoms with Gasteiger partial charge in [0.15, 0.2) is 0 Å². The second-order valence-electron chi connectivity index (χ2n) is 3.95. The maximum atomic E-state index is 5.95. The lowest BCUT2D eigenvalue weighted by atomic mass is 10.3. The maximum Gasteiger partial charge on any atom is 0.134 e. The van der Waals surface area contributed by atoms with Gasteiger partial charge in [0.1, 0.15) is 22.6 Å². The average Bonchev–Trinajstić information content (AvgIpc) is 2.82. The first-order valence-corrected chi connectivity index (χ1v) is 6.41. The molecule has 0 amide bonds. The molecule has 0 spiro atoms. The van der Waals surface area contributed by atoms with E-state index in [1.54, 1.807) is 12.3 Å². The summed E-state index contributed by atoms with van der Waals surface area (Å²) in [5.74, 6) is 2.51. The number of H-pyrrole nitrogens is 1. The lowest BCUT2D eigenvalue weighted by molar-refractivity contribution is 0.831. The fraction of sp³-hybridized carbons (Fsp3) is 0.417. The van der Waals surface area contributed by atoms with Crippen molar-refractivity contribution in [2.24, 2.45) is 0 Å². The van der Waals surface area contributed by atoms with Crippen LogP contribution in [-0.2, 0) is 12.8 Å². The minimum atomic E-state index is 0.481. The van der Waals surface area contributed by atoms with Crippen molar-refractivity contribution in [2.75, 3.05) is 11.9 Å². The number of anilines is 1. The molecule has 5 nitrogen and oxygen atoms in total. The smallest absolute Gasteiger partial charge is 0.134 e. The van der Waals surface area contributed by atoms with Gasteiger partial charge in [0, 0.05) is 37.8 Å². The normalized spacial score (nSPS) is 10.6. The molecule has 2 N–H and O–H groups in total. The summed E-state index contributed by atoms with van der Waals surface area (Å²) in [6, 6.07) is 1.74. The lowest BCUT2D eigenvalue weighted by Crippen LogP contribution is -2.09. The second-order valence-corrected chi connectivity index (χ2v) is 4.34. The minimum absolute atomic E-state index is 0.481. The largest absolute Gasteiger partial charge is 0.369 e. The third-order valence-corrected chi connectivity index (χ3v) is 2.63. The molecule has 0 bridgehead atoms. The Hall–Kier alpha value is -1.62. The van der Waals surface area contributed by atoms with E-state index in [4.69, 9.17) is 11.6 Å². The average molecular weight is 266 g/mol. The van der Waals surface area contributed by atoms with Gasteiger partial charge in [-0.3, -0.25) is 0 Å². The van der Waals surface area contributed by atoms with Crippen LogP contribution in [0.5, 0.6) is 0 Å². The van der Waals surface area contributed by atoms with Crippen LogP contribution in [0.15, 0.2) is 18.5 Å². The molecule has 2 aromatic heterocycles. The predicted octanol–water partition coefficient (Wildman–Crippen LogP) is 2.46. The van der Waals surface area contributed by atoms with Gasteiger partial charge in [-0.05, 0) is 6.42 Å². The van der Waals surface area contributed by atoms with E-state index in [0.29, 0.717) is 5.15 Å². The highest BCUT2D eigenvalue weighted by Crippen LogP contribution is 2.12. The summed E-state index contributed by atoms with van der Waals surface area (Å²) < 4.78 is 0. The van der Waals surface area contributed by atoms with Crippen LogP contribution in [-0.4, -0.2) is 26.5 Å². The molecule has 0 aliphatic heterocycles. The maximum absolute atomic E-state index is 5.95. The third kappa shape index (κ3) is 3.70. The van der Waals surface area contributed by atoms with E-state index in [0.717, 1.165) is 43.3 Å². The van der Waals surface area contributed by atoms with Gasteiger partial charge < -0.3 is 10.3 Å². The molecule has 2 heterocycles. The number of halogens is 1. The Labute approximate surface area is 111 Å². The van der Waals surface area contributed by atoms with Gasteiger partial charge in [-0.15, -0.1) is 0 Å². The summed E-state index contributed by atoms with van der Waals surface area (Å²) in [6.45, 7) is 2.85. The fourth-order valence-corrected chi connectivity index (χ4v) is 1.84. The van der Waals surface area contributed by atoms with Crippen LogP contribution in [0.1, 0.15) is 25.0 Å². The van der Waals surface area contributed by atoms with Gasteiger partial charge in [-0.25, -0.2) is 15.0 Å². The first-order chi connectivity index (χ1) is 8.78. The first kappa shape index (κ1) is 12.8. The molecule has 2 rings (SSSR count). The molecule has 0 radical (unpaired) electrons. The molecule has 0 aliphatic carbocycles. The standard InChI is InChI=1S/C12H16ClN5/c1-2-3-11-17-9(13)8-12(18-11)14-5-4-10-15-6-7-16-10/h6-8H,2-5H2,1H3,(H,15,16)(H,14,17,18). The zero-order valence-corrected chi connectivity index (χ0v) is 11.0. The Balaban J connectivity index is 1.92. The summed E-state index contributed by atoms with van der Waals surface area (Å²) in [5.41, 5.74) is 0. The molecule has 0 saturated heterocycles. The predicted molar refractivity (Wildman–Crippen MR) is 71.8 cm³/mol. The molecule has 18 heavy (non-hydrogen) atoms. The summed E-state index contributed by atoms with van der Waals surface area (Å²) in [6.07, 6.45) is 6.23. The first-order valence-electron chi connectivity index (χ1n) is 6.03. The van der Waals surface area contributed by atoms with Crippen molar-refractivity contribution < 1.29 is 0 Å². The van der Waals surface area contributed by atoms with Gasteiger partial charge in [0.2, 0.25) is 0 Å². The minimum Gasteiger partial charge on any atom is -0.369 e. The molecular weight excluding hydrogens is 250 g/mol. The molecule has 0 saturated carbocycles. The number of aromatic nitrogens is 4. The zero-order chi connectivity index (χ0) is 12.8. The number of nitrogens with one attached hydrogen (secondary N) is 2. The van der Waals surface area contributed by atoms with E-state index in [1.807, 2.05) is 6.20 Å². The third-order valence-electron chi connectivity index (χ3n) is 2.44. The summed E-state index contributed by atoms with van der Waals surface area (Å²) in [7, 11) is 0. The molecule has 96 valence electrons. The Bertz CT molecular complexity index is 483. The summed E-state index contributed by atoms with van der Waals surface area (Å²) >= 11 is 5.95. The van der Waals surface area contributed by atoms with Gasteiger partial charge in [-0.2, -0.15) is 0 Å². The van der Waals surface area contributed by atoms with Crippen LogP contribution in [0.25, 0.3) is 0 Å². The van der Waals surface area contributed by atoms with Crippen LogP contribution in [0.2, 0.25) is 5.15 Å². The van der Waals surface area contributed by atoms with E-state index < -0.39 is 0 Å². The Kier molecular flexibility index (Phi) is 4.52. The topological polar surface area (TPSA) is 66.5 Å². The molecule has 6 heteroatoms. The molecular formula is C12H16ClN5. The van der Waals surface area contributed by atoms with Crippen LogP contribution in [0.3, 0.4) is 0 Å². The van der Waals surface area contributed by atoms with Gasteiger partial charge in [-0.1, -0.05) is 18.5 Å². The van der Waals surface area contributed by atoms with Crippen LogP contribution >= 0.6 is 11.6 Å². The summed E-state index contributed by atoms with van der Waals surface area (Å²) in [4.78, 5) is 15.8. The van der Waals surface area contributed by atoms with Gasteiger partial charge in [0.25, 0.3) is 0 Å². The summed E-state index contributed by atoms with van der Waals surface area (Å²) in [5, 5.41) is 3.71. The second kappa shape index (κ2) is 6.35. The van der Waals surface area contributed by atoms with E-state index in [2.05, 4.69) is 32.2 Å².